The Morgan fingerprint density at radius 3 is 1.45 bits per heavy atom. The van der Waals surface area contributed by atoms with Crippen LogP contribution in [0.3, 0.4) is 0 Å². The molecule has 5 aromatic carbocycles. The van der Waals surface area contributed by atoms with E-state index in [9.17, 15) is 0 Å². The van der Waals surface area contributed by atoms with E-state index in [4.69, 9.17) is 11.8 Å². The fourth-order valence-electron chi connectivity index (χ4n) is 4.78. The zero-order valence-corrected chi connectivity index (χ0v) is 22.4. The first-order valence-electron chi connectivity index (χ1n) is 16.0. The molecule has 0 unspecified atom stereocenters. The fraction of sp³-hybridized carbons (Fsp3) is 0. The molecule has 0 bridgehead atoms. The number of hydrogen-bond donors (Lipinski definition) is 0. The van der Waals surface area contributed by atoms with Crippen LogP contribution in [0.5, 0.6) is 0 Å². The number of aromatic nitrogens is 4. The van der Waals surface area contributed by atoms with E-state index in [1.54, 1.807) is 6.20 Å². The molecule has 0 amide bonds. The minimum atomic E-state index is -0.473. The molecule has 2 heterocycles. The van der Waals surface area contributed by atoms with Crippen molar-refractivity contribution in [1.82, 2.24) is 19.9 Å². The van der Waals surface area contributed by atoms with Crippen molar-refractivity contribution in [3.8, 4) is 67.7 Å². The molecule has 0 spiro atoms. The first-order chi connectivity index (χ1) is 22.9. The summed E-state index contributed by atoms with van der Waals surface area (Å²) in [4.78, 5) is 18.6. The predicted molar refractivity (Wildman–Crippen MR) is 170 cm³/mol. The molecule has 0 N–H and O–H groups in total. The zero-order valence-electron chi connectivity index (χ0n) is 27.4. The van der Waals surface area contributed by atoms with E-state index in [1.165, 1.54) is 0 Å². The highest BCUT2D eigenvalue weighted by molar-refractivity contribution is 5.81. The second-order valence-electron chi connectivity index (χ2n) is 9.63. The van der Waals surface area contributed by atoms with Crippen molar-refractivity contribution < 1.29 is 6.85 Å². The van der Waals surface area contributed by atoms with Gasteiger partial charge in [-0.15, -0.1) is 0 Å². The van der Waals surface area contributed by atoms with Crippen LogP contribution < -0.4 is 0 Å². The molecule has 0 aliphatic rings. The maximum Gasteiger partial charge on any atom is 0.164 e. The van der Waals surface area contributed by atoms with Crippen molar-refractivity contribution >= 4 is 0 Å². The van der Waals surface area contributed by atoms with Crippen LogP contribution in [0, 0.1) is 0 Å². The Kier molecular flexibility index (Phi) is 5.48. The van der Waals surface area contributed by atoms with Gasteiger partial charge in [0.1, 0.15) is 0 Å². The van der Waals surface area contributed by atoms with Crippen molar-refractivity contribution in [1.29, 1.82) is 0 Å². The van der Waals surface area contributed by atoms with Gasteiger partial charge in [0.25, 0.3) is 0 Å². The number of hydrogen-bond acceptors (Lipinski definition) is 4. The monoisotopic (exact) mass is 543 g/mol. The molecule has 0 radical (unpaired) electrons. The van der Waals surface area contributed by atoms with Crippen LogP contribution in [0.25, 0.3) is 67.7 Å². The minimum absolute atomic E-state index is 0.00509. The molecule has 7 rings (SSSR count). The molecule has 0 fully saturated rings. The van der Waals surface area contributed by atoms with Gasteiger partial charge in [-0.2, -0.15) is 0 Å². The number of rotatable bonds is 6. The number of nitrogens with zero attached hydrogens (tertiary/aromatic N) is 4. The van der Waals surface area contributed by atoms with Crippen LogP contribution in [0.1, 0.15) is 6.85 Å². The highest BCUT2D eigenvalue weighted by Gasteiger charge is 2.13. The van der Waals surface area contributed by atoms with Gasteiger partial charge >= 0.3 is 0 Å². The molecular formula is C38H26N4. The lowest BCUT2D eigenvalue weighted by Gasteiger charge is -2.12. The summed E-state index contributed by atoms with van der Waals surface area (Å²) in [6.45, 7) is 0. The van der Waals surface area contributed by atoms with Crippen LogP contribution in [0.2, 0.25) is 0 Å². The summed E-state index contributed by atoms with van der Waals surface area (Å²) in [7, 11) is 0. The van der Waals surface area contributed by atoms with Crippen molar-refractivity contribution in [2.45, 2.75) is 0 Å². The first kappa shape index (κ1) is 20.2. The lowest BCUT2D eigenvalue weighted by molar-refractivity contribution is 1.07. The van der Waals surface area contributed by atoms with Gasteiger partial charge in [0.2, 0.25) is 0 Å². The highest BCUT2D eigenvalue weighted by Crippen LogP contribution is 2.33. The summed E-state index contributed by atoms with van der Waals surface area (Å²) < 4.78 is 41.4. The Bertz CT molecular complexity index is 2140. The predicted octanol–water partition coefficient (Wildman–Crippen LogP) is 9.27. The summed E-state index contributed by atoms with van der Waals surface area (Å²) in [6, 6.07) is 37.5. The van der Waals surface area contributed by atoms with E-state index in [1.807, 2.05) is 91.0 Å². The highest BCUT2D eigenvalue weighted by atomic mass is 15.0. The summed E-state index contributed by atoms with van der Waals surface area (Å²) >= 11 is 0. The molecule has 4 heteroatoms. The van der Waals surface area contributed by atoms with Gasteiger partial charge in [-0.3, -0.25) is 4.98 Å². The normalized spacial score (nSPS) is 12.5. The second kappa shape index (κ2) is 11.4. The largest absolute Gasteiger partial charge is 0.256 e. The summed E-state index contributed by atoms with van der Waals surface area (Å²) in [5.41, 5.74) is 7.36. The molecule has 42 heavy (non-hydrogen) atoms. The van der Waals surface area contributed by atoms with Crippen LogP contribution in [0.4, 0.5) is 0 Å². The van der Waals surface area contributed by atoms with Crippen LogP contribution in [0.15, 0.2) is 158 Å². The van der Waals surface area contributed by atoms with Gasteiger partial charge in [0, 0.05) is 28.5 Å². The van der Waals surface area contributed by atoms with Crippen molar-refractivity contribution in [3.05, 3.63) is 158 Å². The molecular weight excluding hydrogens is 512 g/mol. The molecule has 0 aliphatic carbocycles. The molecule has 0 saturated carbocycles. The van der Waals surface area contributed by atoms with Crippen molar-refractivity contribution in [2.75, 3.05) is 0 Å². The molecule has 198 valence electrons. The maximum absolute atomic E-state index is 8.53. The molecule has 2 aromatic heterocycles. The van der Waals surface area contributed by atoms with Gasteiger partial charge in [-0.05, 0) is 52.6 Å². The number of benzene rings is 5. The number of pyridine rings is 1. The quantitative estimate of drug-likeness (QED) is 0.210. The Morgan fingerprint density at radius 2 is 0.857 bits per heavy atom. The third-order valence-corrected chi connectivity index (χ3v) is 6.87. The standard InChI is InChI=1S/C38H26N4/c1-4-12-27(13-5-1)32-24-33(26-34(25-32)35-18-10-11-23-39-35)28-19-21-31(22-20-28)38-41-36(29-14-6-2-7-15-29)40-37(42-38)30-16-8-3-9-17-30/h1-26H/i2D,6D,7D,14D,15D. The van der Waals surface area contributed by atoms with Gasteiger partial charge in [-0.25, -0.2) is 15.0 Å². The van der Waals surface area contributed by atoms with Gasteiger partial charge in [-0.1, -0.05) is 121 Å². The van der Waals surface area contributed by atoms with Crippen LogP contribution in [-0.4, -0.2) is 19.9 Å². The smallest absolute Gasteiger partial charge is 0.164 e. The van der Waals surface area contributed by atoms with E-state index < -0.39 is 18.1 Å². The molecule has 0 aliphatic heterocycles. The Balaban J connectivity index is 1.35. The Morgan fingerprint density at radius 1 is 0.381 bits per heavy atom. The van der Waals surface area contributed by atoms with Gasteiger partial charge in [0.05, 0.1) is 12.5 Å². The lowest BCUT2D eigenvalue weighted by atomic mass is 9.94. The third kappa shape index (κ3) is 5.34. The van der Waals surface area contributed by atoms with Crippen LogP contribution in [-0.2, 0) is 0 Å². The zero-order chi connectivity index (χ0) is 32.5. The van der Waals surface area contributed by atoms with E-state index in [2.05, 4.69) is 45.3 Å². The average Bonchev–Trinajstić information content (AvgIpc) is 3.14. The van der Waals surface area contributed by atoms with Crippen molar-refractivity contribution in [2.24, 2.45) is 0 Å². The lowest BCUT2D eigenvalue weighted by Crippen LogP contribution is -2.00. The van der Waals surface area contributed by atoms with Crippen LogP contribution >= 0.6 is 0 Å². The minimum Gasteiger partial charge on any atom is -0.256 e. The van der Waals surface area contributed by atoms with E-state index in [0.29, 0.717) is 22.8 Å². The fourth-order valence-corrected chi connectivity index (χ4v) is 4.78. The maximum atomic E-state index is 8.53. The average molecular weight is 544 g/mol. The summed E-state index contributed by atoms with van der Waals surface area (Å²) in [6.07, 6.45) is 1.79. The topological polar surface area (TPSA) is 51.6 Å². The summed E-state index contributed by atoms with van der Waals surface area (Å²) in [5, 5.41) is 0. The molecule has 0 saturated heterocycles. The van der Waals surface area contributed by atoms with E-state index in [0.717, 1.165) is 33.5 Å². The van der Waals surface area contributed by atoms with Crippen molar-refractivity contribution in [3.63, 3.8) is 0 Å². The Hall–Kier alpha value is -5.74. The van der Waals surface area contributed by atoms with E-state index in [-0.39, 0.29) is 23.5 Å². The van der Waals surface area contributed by atoms with E-state index >= 15 is 0 Å². The second-order valence-corrected chi connectivity index (χ2v) is 9.63. The molecule has 4 nitrogen and oxygen atoms in total. The summed E-state index contributed by atoms with van der Waals surface area (Å²) in [5.74, 6) is 0.655. The SMILES string of the molecule is [2H]c1c([2H])c([2H])c(-c2nc(-c3ccccc3)nc(-c3ccc(-c4cc(-c5ccccc5)cc(-c5ccccn5)c4)cc3)n2)c([2H])c1[2H]. The van der Waals surface area contributed by atoms with Gasteiger partial charge in [0.15, 0.2) is 17.5 Å². The molecule has 0 atom stereocenters. The third-order valence-electron chi connectivity index (χ3n) is 6.87. The first-order valence-corrected chi connectivity index (χ1v) is 13.5. The molecule has 7 aromatic rings. The van der Waals surface area contributed by atoms with Gasteiger partial charge < -0.3 is 0 Å². The Labute approximate surface area is 252 Å².